The molecule has 0 saturated carbocycles. The minimum atomic E-state index is -0.305. The van der Waals surface area contributed by atoms with Crippen molar-refractivity contribution in [3.05, 3.63) is 64.6 Å². The highest BCUT2D eigenvalue weighted by Gasteiger charge is 2.32. The Morgan fingerprint density at radius 2 is 1.97 bits per heavy atom. The van der Waals surface area contributed by atoms with Crippen molar-refractivity contribution in [1.82, 2.24) is 20.0 Å². The standard InChI is InChI=1S/C23H25FN4O2/c1-14-15(2)27-30-23(14)19-13-25-16(3)26-22(19)20-6-4-5-11-28(20)21(29)12-17-7-9-18(24)10-8-17/h7-10,13,20H,4-6,11-12H2,1-3H3/t20-/m0/s1. The van der Waals surface area contributed by atoms with Crippen molar-refractivity contribution >= 4 is 5.91 Å². The minimum absolute atomic E-state index is 0.0130. The van der Waals surface area contributed by atoms with Crippen LogP contribution in [0.25, 0.3) is 11.3 Å². The van der Waals surface area contributed by atoms with Crippen LogP contribution in [0, 0.1) is 26.6 Å². The molecule has 2 aromatic heterocycles. The van der Waals surface area contributed by atoms with Gasteiger partial charge in [-0.1, -0.05) is 17.3 Å². The molecule has 0 aliphatic carbocycles. The molecular weight excluding hydrogens is 383 g/mol. The number of benzene rings is 1. The zero-order chi connectivity index (χ0) is 21.3. The Hall–Kier alpha value is -3.09. The highest BCUT2D eigenvalue weighted by molar-refractivity contribution is 5.79. The molecule has 1 amide bonds. The quantitative estimate of drug-likeness (QED) is 0.636. The summed E-state index contributed by atoms with van der Waals surface area (Å²) < 4.78 is 18.8. The van der Waals surface area contributed by atoms with Gasteiger partial charge < -0.3 is 9.42 Å². The third-order valence-corrected chi connectivity index (χ3v) is 5.75. The summed E-state index contributed by atoms with van der Waals surface area (Å²) in [5, 5.41) is 4.08. The maximum Gasteiger partial charge on any atom is 0.227 e. The largest absolute Gasteiger partial charge is 0.356 e. The van der Waals surface area contributed by atoms with Gasteiger partial charge in [-0.25, -0.2) is 14.4 Å². The third-order valence-electron chi connectivity index (χ3n) is 5.75. The molecular formula is C23H25FN4O2. The number of carbonyl (C=O) groups is 1. The molecule has 4 rings (SSSR count). The minimum Gasteiger partial charge on any atom is -0.356 e. The Kier molecular flexibility index (Phi) is 5.61. The van der Waals surface area contributed by atoms with Gasteiger partial charge in [0.2, 0.25) is 5.91 Å². The first kappa shape index (κ1) is 20.2. The van der Waals surface area contributed by atoms with Crippen molar-refractivity contribution in [2.24, 2.45) is 0 Å². The summed E-state index contributed by atoms with van der Waals surface area (Å²) in [6.07, 6.45) is 4.79. The lowest BCUT2D eigenvalue weighted by Gasteiger charge is -2.36. The Morgan fingerprint density at radius 1 is 1.20 bits per heavy atom. The predicted molar refractivity (Wildman–Crippen MR) is 110 cm³/mol. The van der Waals surface area contributed by atoms with Crippen LogP contribution in [0.2, 0.25) is 0 Å². The average Bonchev–Trinajstić information content (AvgIpc) is 3.08. The van der Waals surface area contributed by atoms with Crippen LogP contribution in [-0.2, 0) is 11.2 Å². The highest BCUT2D eigenvalue weighted by Crippen LogP contribution is 2.37. The summed E-state index contributed by atoms with van der Waals surface area (Å²) in [5.41, 5.74) is 4.15. The summed E-state index contributed by atoms with van der Waals surface area (Å²) in [5.74, 6) is 1.01. The second kappa shape index (κ2) is 8.34. The van der Waals surface area contributed by atoms with Gasteiger partial charge in [0, 0.05) is 18.3 Å². The summed E-state index contributed by atoms with van der Waals surface area (Å²) in [4.78, 5) is 24.2. The van der Waals surface area contributed by atoms with Gasteiger partial charge in [-0.3, -0.25) is 4.79 Å². The van der Waals surface area contributed by atoms with Crippen LogP contribution >= 0.6 is 0 Å². The third kappa shape index (κ3) is 3.97. The van der Waals surface area contributed by atoms with Crippen molar-refractivity contribution in [3.8, 4) is 11.3 Å². The van der Waals surface area contributed by atoms with E-state index in [4.69, 9.17) is 9.51 Å². The Bertz CT molecular complexity index is 1060. The molecule has 1 fully saturated rings. The van der Waals surface area contributed by atoms with Gasteiger partial charge in [0.15, 0.2) is 5.76 Å². The normalized spacial score (nSPS) is 16.7. The number of rotatable bonds is 4. The summed E-state index contributed by atoms with van der Waals surface area (Å²) in [6.45, 7) is 6.38. The van der Waals surface area contributed by atoms with Crippen LogP contribution in [0.15, 0.2) is 35.0 Å². The number of aryl methyl sites for hydroxylation is 2. The fraction of sp³-hybridized carbons (Fsp3) is 0.391. The number of nitrogens with zero attached hydrogens (tertiary/aromatic N) is 4. The summed E-state index contributed by atoms with van der Waals surface area (Å²) in [6, 6.07) is 5.93. The topological polar surface area (TPSA) is 72.1 Å². The van der Waals surface area contributed by atoms with E-state index in [-0.39, 0.29) is 24.2 Å². The first-order chi connectivity index (χ1) is 14.4. The van der Waals surface area contributed by atoms with Crippen molar-refractivity contribution in [1.29, 1.82) is 0 Å². The van der Waals surface area contributed by atoms with E-state index in [9.17, 15) is 9.18 Å². The fourth-order valence-corrected chi connectivity index (χ4v) is 3.98. The number of halogens is 1. The molecule has 1 aliphatic heterocycles. The van der Waals surface area contributed by atoms with Crippen molar-refractivity contribution in [2.75, 3.05) is 6.54 Å². The second-order valence-corrected chi connectivity index (χ2v) is 7.84. The van der Waals surface area contributed by atoms with Crippen LogP contribution in [0.3, 0.4) is 0 Å². The van der Waals surface area contributed by atoms with Crippen molar-refractivity contribution < 1.29 is 13.7 Å². The maximum atomic E-state index is 13.2. The number of amides is 1. The van der Waals surface area contributed by atoms with Gasteiger partial charge in [0.1, 0.15) is 11.6 Å². The van der Waals surface area contributed by atoms with Gasteiger partial charge in [0.25, 0.3) is 0 Å². The molecule has 0 bridgehead atoms. The van der Waals surface area contributed by atoms with E-state index in [0.717, 1.165) is 47.3 Å². The molecule has 1 aliphatic rings. The van der Waals surface area contributed by atoms with E-state index in [0.29, 0.717) is 18.1 Å². The molecule has 1 atom stereocenters. The van der Waals surface area contributed by atoms with Gasteiger partial charge >= 0.3 is 0 Å². The van der Waals surface area contributed by atoms with E-state index in [1.807, 2.05) is 25.7 Å². The number of aromatic nitrogens is 3. The number of carbonyl (C=O) groups excluding carboxylic acids is 1. The number of likely N-dealkylation sites (tertiary alicyclic amines) is 1. The van der Waals surface area contributed by atoms with Crippen LogP contribution in [-0.4, -0.2) is 32.5 Å². The Morgan fingerprint density at radius 3 is 2.67 bits per heavy atom. The smallest absolute Gasteiger partial charge is 0.227 e. The first-order valence-electron chi connectivity index (χ1n) is 10.2. The Labute approximate surface area is 175 Å². The lowest BCUT2D eigenvalue weighted by atomic mass is 9.94. The van der Waals surface area contributed by atoms with Gasteiger partial charge in [-0.2, -0.15) is 0 Å². The number of piperidine rings is 1. The average molecular weight is 408 g/mol. The molecule has 7 heteroatoms. The zero-order valence-corrected chi connectivity index (χ0v) is 17.5. The fourth-order valence-electron chi connectivity index (χ4n) is 3.98. The molecule has 1 aromatic carbocycles. The molecule has 6 nitrogen and oxygen atoms in total. The molecule has 0 spiro atoms. The lowest BCUT2D eigenvalue weighted by molar-refractivity contribution is -0.134. The monoisotopic (exact) mass is 408 g/mol. The van der Waals surface area contributed by atoms with Gasteiger partial charge in [0.05, 0.1) is 29.4 Å². The number of hydrogen-bond donors (Lipinski definition) is 0. The van der Waals surface area contributed by atoms with Gasteiger partial charge in [-0.05, 0) is 57.7 Å². The molecule has 30 heavy (non-hydrogen) atoms. The second-order valence-electron chi connectivity index (χ2n) is 7.84. The predicted octanol–water partition coefficient (Wildman–Crippen LogP) is 4.49. The maximum absolute atomic E-state index is 13.2. The molecule has 0 unspecified atom stereocenters. The lowest BCUT2D eigenvalue weighted by Crippen LogP contribution is -2.40. The molecule has 3 aromatic rings. The molecule has 156 valence electrons. The summed E-state index contributed by atoms with van der Waals surface area (Å²) >= 11 is 0. The first-order valence-corrected chi connectivity index (χ1v) is 10.2. The van der Waals surface area contributed by atoms with Gasteiger partial charge in [-0.15, -0.1) is 0 Å². The van der Waals surface area contributed by atoms with Crippen molar-refractivity contribution in [2.45, 2.75) is 52.5 Å². The highest BCUT2D eigenvalue weighted by atomic mass is 19.1. The van der Waals surface area contributed by atoms with E-state index >= 15 is 0 Å². The van der Waals surface area contributed by atoms with Crippen LogP contribution < -0.4 is 0 Å². The Balaban J connectivity index is 1.69. The van der Waals surface area contributed by atoms with E-state index in [1.165, 1.54) is 12.1 Å². The van der Waals surface area contributed by atoms with E-state index in [1.54, 1.807) is 18.3 Å². The molecule has 1 saturated heterocycles. The van der Waals surface area contributed by atoms with Crippen LogP contribution in [0.1, 0.15) is 53.6 Å². The zero-order valence-electron chi connectivity index (χ0n) is 17.5. The molecule has 3 heterocycles. The van der Waals surface area contributed by atoms with E-state index < -0.39 is 0 Å². The number of hydrogen-bond acceptors (Lipinski definition) is 5. The van der Waals surface area contributed by atoms with E-state index in [2.05, 4.69) is 10.1 Å². The SMILES string of the molecule is Cc1ncc(-c2onc(C)c2C)c([C@@H]2CCCCN2C(=O)Cc2ccc(F)cc2)n1. The molecule has 0 N–H and O–H groups in total. The van der Waals surface area contributed by atoms with Crippen molar-refractivity contribution in [3.63, 3.8) is 0 Å². The molecule has 0 radical (unpaired) electrons. The van der Waals surface area contributed by atoms with Crippen LogP contribution in [0.4, 0.5) is 4.39 Å². The van der Waals surface area contributed by atoms with Crippen LogP contribution in [0.5, 0.6) is 0 Å². The summed E-state index contributed by atoms with van der Waals surface area (Å²) in [7, 11) is 0.